The molecule has 1 heterocycles. The van der Waals surface area contributed by atoms with Gasteiger partial charge in [-0.2, -0.15) is 0 Å². The number of nitrogens with zero attached hydrogens (tertiary/aromatic N) is 1. The lowest BCUT2D eigenvalue weighted by Gasteiger charge is -2.17. The zero-order chi connectivity index (χ0) is 17.7. The Balaban J connectivity index is 0.000000368. The summed E-state index contributed by atoms with van der Waals surface area (Å²) in [4.78, 5) is 11.9. The number of ether oxygens (including phenoxy) is 1. The molecule has 3 rings (SSSR count). The summed E-state index contributed by atoms with van der Waals surface area (Å²) in [5, 5.41) is -0.129. The van der Waals surface area contributed by atoms with Crippen molar-refractivity contribution in [1.82, 2.24) is 0 Å². The third-order valence-electron chi connectivity index (χ3n) is 2.93. The molecular formula is C15H11Cl2NO6. The van der Waals surface area contributed by atoms with Crippen LogP contribution in [0.25, 0.3) is 0 Å². The number of alkyl halides is 1. The number of para-hydroxylation sites is 1. The van der Waals surface area contributed by atoms with Gasteiger partial charge in [-0.25, -0.2) is 23.4 Å². The Morgan fingerprint density at radius 3 is 2.12 bits per heavy atom. The molecular weight excluding hydrogens is 361 g/mol. The smallest absolute Gasteiger partial charge is 0.368 e. The topological polar surface area (TPSA) is 122 Å². The monoisotopic (exact) mass is 371 g/mol. The van der Waals surface area contributed by atoms with Gasteiger partial charge in [-0.05, 0) is 0 Å². The van der Waals surface area contributed by atoms with Crippen LogP contribution in [0.1, 0.15) is 0 Å². The SMILES string of the molecule is O=C1OC=[N+](c2ccccc2)C1=C1C=CC(Cl)C=C1.[O-][Cl+3]([O-])([O-])[O-]. The van der Waals surface area contributed by atoms with Crippen molar-refractivity contribution in [2.24, 2.45) is 0 Å². The molecule has 0 atom stereocenters. The molecule has 0 fully saturated rings. The first-order valence-electron chi connectivity index (χ1n) is 6.51. The van der Waals surface area contributed by atoms with Crippen molar-refractivity contribution < 1.29 is 43.0 Å². The Hall–Kier alpha value is -2.00. The molecule has 0 radical (unpaired) electrons. The molecule has 126 valence electrons. The van der Waals surface area contributed by atoms with E-state index >= 15 is 0 Å². The summed E-state index contributed by atoms with van der Waals surface area (Å²) in [6.07, 6.45) is 8.76. The summed E-state index contributed by atoms with van der Waals surface area (Å²) in [5.41, 5.74) is 2.17. The number of halogens is 2. The van der Waals surface area contributed by atoms with Gasteiger partial charge in [0, 0.05) is 12.1 Å². The molecule has 1 aromatic carbocycles. The highest BCUT2D eigenvalue weighted by atomic mass is 35.7. The van der Waals surface area contributed by atoms with Gasteiger partial charge >= 0.3 is 18.1 Å². The number of hydrogen-bond donors (Lipinski definition) is 0. The van der Waals surface area contributed by atoms with Crippen LogP contribution in [0.3, 0.4) is 0 Å². The van der Waals surface area contributed by atoms with Gasteiger partial charge in [0.15, 0.2) is 0 Å². The Bertz CT molecular complexity index is 712. The van der Waals surface area contributed by atoms with E-state index in [0.717, 1.165) is 11.3 Å². The van der Waals surface area contributed by atoms with Gasteiger partial charge in [-0.3, -0.25) is 0 Å². The quantitative estimate of drug-likeness (QED) is 0.247. The highest BCUT2D eigenvalue weighted by Gasteiger charge is 2.35. The Kier molecular flexibility index (Phi) is 5.89. The highest BCUT2D eigenvalue weighted by Crippen LogP contribution is 2.25. The largest absolute Gasteiger partial charge is 0.414 e. The van der Waals surface area contributed by atoms with Gasteiger partial charge in [-0.15, -0.1) is 26.4 Å². The maximum Gasteiger partial charge on any atom is 0.414 e. The second-order valence-electron chi connectivity index (χ2n) is 4.56. The number of allylic oxidation sites excluding steroid dienone is 5. The molecule has 1 aliphatic carbocycles. The van der Waals surface area contributed by atoms with Crippen LogP contribution in [-0.4, -0.2) is 22.3 Å². The zero-order valence-corrected chi connectivity index (χ0v) is 13.5. The van der Waals surface area contributed by atoms with Crippen molar-refractivity contribution in [3.05, 3.63) is 65.9 Å². The molecule has 1 aromatic rings. The third kappa shape index (κ3) is 5.27. The van der Waals surface area contributed by atoms with E-state index in [0.29, 0.717) is 5.70 Å². The average Bonchev–Trinajstić information content (AvgIpc) is 2.89. The van der Waals surface area contributed by atoms with Crippen LogP contribution in [-0.2, 0) is 9.53 Å². The predicted molar refractivity (Wildman–Crippen MR) is 73.5 cm³/mol. The van der Waals surface area contributed by atoms with Crippen molar-refractivity contribution in [2.75, 3.05) is 0 Å². The number of carbonyl (C=O) groups is 1. The minimum absolute atomic E-state index is 0.129. The second-order valence-corrected chi connectivity index (χ2v) is 5.82. The average molecular weight is 372 g/mol. The predicted octanol–water partition coefficient (Wildman–Crippen LogP) is -1.85. The molecule has 1 aliphatic heterocycles. The molecule has 0 spiro atoms. The van der Waals surface area contributed by atoms with Crippen LogP contribution in [0.5, 0.6) is 0 Å². The van der Waals surface area contributed by atoms with Gasteiger partial charge in [0.25, 0.3) is 0 Å². The minimum Gasteiger partial charge on any atom is -0.368 e. The zero-order valence-electron chi connectivity index (χ0n) is 12.0. The van der Waals surface area contributed by atoms with E-state index in [1.54, 1.807) is 4.58 Å². The van der Waals surface area contributed by atoms with E-state index in [1.165, 1.54) is 6.40 Å². The van der Waals surface area contributed by atoms with Crippen LogP contribution in [0.4, 0.5) is 5.69 Å². The lowest BCUT2D eigenvalue weighted by Crippen LogP contribution is -2.68. The van der Waals surface area contributed by atoms with Crippen molar-refractivity contribution in [3.63, 3.8) is 0 Å². The number of hydrogen-bond acceptors (Lipinski definition) is 6. The minimum atomic E-state index is -4.94. The van der Waals surface area contributed by atoms with Crippen molar-refractivity contribution in [2.45, 2.75) is 5.38 Å². The number of benzene rings is 1. The van der Waals surface area contributed by atoms with Crippen molar-refractivity contribution >= 4 is 29.7 Å². The van der Waals surface area contributed by atoms with Gasteiger partial charge < -0.3 is 4.74 Å². The molecule has 9 heteroatoms. The van der Waals surface area contributed by atoms with Crippen LogP contribution in [0.2, 0.25) is 0 Å². The summed E-state index contributed by atoms with van der Waals surface area (Å²) in [6.45, 7) is 0. The molecule has 2 aliphatic rings. The summed E-state index contributed by atoms with van der Waals surface area (Å²) < 4.78 is 40.7. The molecule has 0 saturated carbocycles. The summed E-state index contributed by atoms with van der Waals surface area (Å²) in [6, 6.07) is 9.58. The lowest BCUT2D eigenvalue weighted by molar-refractivity contribution is -2.00. The number of esters is 1. The highest BCUT2D eigenvalue weighted by molar-refractivity contribution is 6.23. The third-order valence-corrected chi connectivity index (χ3v) is 3.22. The summed E-state index contributed by atoms with van der Waals surface area (Å²) in [5.74, 6) is -0.360. The van der Waals surface area contributed by atoms with Crippen molar-refractivity contribution in [1.29, 1.82) is 0 Å². The normalized spacial score (nSPS) is 19.6. The molecule has 24 heavy (non-hydrogen) atoms. The molecule has 0 aromatic heterocycles. The molecule has 0 unspecified atom stereocenters. The second kappa shape index (κ2) is 7.71. The first kappa shape index (κ1) is 18.3. The fourth-order valence-corrected chi connectivity index (χ4v) is 2.16. The van der Waals surface area contributed by atoms with Crippen LogP contribution in [0, 0.1) is 10.2 Å². The maximum absolute atomic E-state index is 11.9. The molecule has 0 saturated heterocycles. The first-order chi connectivity index (χ1) is 11.3. The number of cyclic esters (lactones) is 1. The lowest BCUT2D eigenvalue weighted by atomic mass is 10.1. The van der Waals surface area contributed by atoms with E-state index in [2.05, 4.69) is 0 Å². The Labute approximate surface area is 144 Å². The van der Waals surface area contributed by atoms with Crippen molar-refractivity contribution in [3.8, 4) is 0 Å². The first-order valence-corrected chi connectivity index (χ1v) is 8.18. The van der Waals surface area contributed by atoms with Crippen LogP contribution >= 0.6 is 11.6 Å². The Morgan fingerprint density at radius 1 is 1.04 bits per heavy atom. The van der Waals surface area contributed by atoms with Crippen LogP contribution < -0.4 is 18.6 Å². The summed E-state index contributed by atoms with van der Waals surface area (Å²) >= 11 is 5.94. The van der Waals surface area contributed by atoms with Gasteiger partial charge in [0.2, 0.25) is 5.69 Å². The van der Waals surface area contributed by atoms with Gasteiger partial charge in [-0.1, -0.05) is 42.5 Å². The number of carbonyl (C=O) groups excluding carboxylic acids is 1. The fraction of sp³-hybridized carbons (Fsp3) is 0.0667. The van der Waals surface area contributed by atoms with Gasteiger partial charge in [0.05, 0.1) is 11.0 Å². The molecule has 0 N–H and O–H groups in total. The van der Waals surface area contributed by atoms with Gasteiger partial charge in [0.1, 0.15) is 0 Å². The molecule has 0 amide bonds. The van der Waals surface area contributed by atoms with E-state index in [-0.39, 0.29) is 11.3 Å². The van der Waals surface area contributed by atoms with E-state index < -0.39 is 10.2 Å². The maximum atomic E-state index is 11.9. The van der Waals surface area contributed by atoms with E-state index in [4.69, 9.17) is 35.0 Å². The standard InChI is InChI=1S/C15H11ClNO2.ClHO4/c16-12-8-6-11(7-9-12)14-15(18)19-10-17(14)13-4-2-1-3-5-13;2-1(3,4)5/h1-10,12H;(H,2,3,4,5)/q+1;/p-1. The van der Waals surface area contributed by atoms with Crippen LogP contribution in [0.15, 0.2) is 65.9 Å². The number of rotatable bonds is 1. The van der Waals surface area contributed by atoms with E-state index in [9.17, 15) is 4.79 Å². The molecule has 0 bridgehead atoms. The molecule has 7 nitrogen and oxygen atoms in total. The fourth-order valence-electron chi connectivity index (χ4n) is 2.01. The Morgan fingerprint density at radius 2 is 1.58 bits per heavy atom. The summed E-state index contributed by atoms with van der Waals surface area (Å²) in [7, 11) is -4.94. The van der Waals surface area contributed by atoms with E-state index in [1.807, 2.05) is 54.6 Å².